The van der Waals surface area contributed by atoms with Gasteiger partial charge in [0.05, 0.1) is 6.61 Å². The predicted octanol–water partition coefficient (Wildman–Crippen LogP) is -0.0462. The fourth-order valence-electron chi connectivity index (χ4n) is 0.948. The van der Waals surface area contributed by atoms with E-state index in [4.69, 9.17) is 5.84 Å². The Kier molecular flexibility index (Phi) is 4.02. The fourth-order valence-corrected chi connectivity index (χ4v) is 1.32. The molecule has 0 aliphatic carbocycles. The fraction of sp³-hybridized carbons (Fsp3) is 0.250. The van der Waals surface area contributed by atoms with Gasteiger partial charge in [-0.1, -0.05) is 30.3 Å². The lowest BCUT2D eigenvalue weighted by Crippen LogP contribution is -2.32. The molecule has 1 aromatic carbocycles. The first-order valence-corrected chi connectivity index (χ1v) is 5.45. The lowest BCUT2D eigenvalue weighted by Gasteiger charge is -2.03. The molecule has 1 aromatic rings. The van der Waals surface area contributed by atoms with E-state index in [1.165, 1.54) is 0 Å². The van der Waals surface area contributed by atoms with Crippen LogP contribution in [0, 0.1) is 0 Å². The Morgan fingerprint density at radius 2 is 1.93 bits per heavy atom. The maximum absolute atomic E-state index is 10.7. The van der Waals surface area contributed by atoms with Crippen LogP contribution in [0.5, 0.6) is 0 Å². The molecule has 0 saturated carbocycles. The average molecular weight is 216 g/mol. The van der Waals surface area contributed by atoms with Crippen LogP contribution in [-0.2, 0) is 20.9 Å². The standard InChI is InChI=1S/C8H12N2O3S/c9-10-14(11,12)13-7-6-8-4-2-1-3-5-8/h1-5,10H,6-7,9H2. The largest absolute Gasteiger partial charge is 0.348 e. The van der Waals surface area contributed by atoms with Crippen LogP contribution >= 0.6 is 0 Å². The summed E-state index contributed by atoms with van der Waals surface area (Å²) in [6, 6.07) is 9.44. The molecule has 0 aliphatic heterocycles. The highest BCUT2D eigenvalue weighted by Gasteiger charge is 2.06. The van der Waals surface area contributed by atoms with Gasteiger partial charge < -0.3 is 0 Å². The van der Waals surface area contributed by atoms with Crippen LogP contribution in [-0.4, -0.2) is 15.0 Å². The SMILES string of the molecule is NNS(=O)(=O)OCCc1ccccc1. The van der Waals surface area contributed by atoms with Crippen molar-refractivity contribution in [2.75, 3.05) is 6.61 Å². The van der Waals surface area contributed by atoms with Crippen LogP contribution in [0.15, 0.2) is 30.3 Å². The van der Waals surface area contributed by atoms with Crippen molar-refractivity contribution in [2.45, 2.75) is 6.42 Å². The molecule has 0 aliphatic rings. The van der Waals surface area contributed by atoms with Crippen LogP contribution in [0.25, 0.3) is 0 Å². The van der Waals surface area contributed by atoms with E-state index in [-0.39, 0.29) is 6.61 Å². The van der Waals surface area contributed by atoms with E-state index in [0.717, 1.165) is 5.56 Å². The van der Waals surface area contributed by atoms with Gasteiger partial charge in [-0.15, -0.1) is 4.83 Å². The van der Waals surface area contributed by atoms with E-state index < -0.39 is 10.3 Å². The summed E-state index contributed by atoms with van der Waals surface area (Å²) in [6.07, 6.45) is 0.530. The zero-order chi connectivity index (χ0) is 10.4. The predicted molar refractivity (Wildman–Crippen MR) is 52.3 cm³/mol. The lowest BCUT2D eigenvalue weighted by molar-refractivity contribution is 0.315. The van der Waals surface area contributed by atoms with Gasteiger partial charge in [0, 0.05) is 0 Å². The second-order valence-corrected chi connectivity index (χ2v) is 4.01. The number of hydrogen-bond donors (Lipinski definition) is 2. The van der Waals surface area contributed by atoms with Gasteiger partial charge in [-0.2, -0.15) is 8.42 Å². The zero-order valence-corrected chi connectivity index (χ0v) is 8.33. The van der Waals surface area contributed by atoms with Crippen molar-refractivity contribution in [1.82, 2.24) is 4.83 Å². The van der Waals surface area contributed by atoms with Crippen LogP contribution < -0.4 is 10.7 Å². The summed E-state index contributed by atoms with van der Waals surface area (Å²) in [4.78, 5) is 1.58. The van der Waals surface area contributed by atoms with Crippen LogP contribution in [0.2, 0.25) is 0 Å². The number of hydrogen-bond acceptors (Lipinski definition) is 4. The number of rotatable bonds is 5. The van der Waals surface area contributed by atoms with E-state index in [0.29, 0.717) is 6.42 Å². The number of benzene rings is 1. The number of nitrogens with one attached hydrogen (secondary N) is 1. The van der Waals surface area contributed by atoms with E-state index in [9.17, 15) is 8.42 Å². The minimum Gasteiger partial charge on any atom is -0.257 e. The van der Waals surface area contributed by atoms with Crippen molar-refractivity contribution in [2.24, 2.45) is 5.84 Å². The smallest absolute Gasteiger partial charge is 0.257 e. The summed E-state index contributed by atoms with van der Waals surface area (Å²) in [5.74, 6) is 4.72. The summed E-state index contributed by atoms with van der Waals surface area (Å²) in [5.41, 5.74) is 1.01. The summed E-state index contributed by atoms with van der Waals surface area (Å²) < 4.78 is 26.0. The van der Waals surface area contributed by atoms with Gasteiger partial charge in [-0.05, 0) is 12.0 Å². The second kappa shape index (κ2) is 5.06. The number of nitrogens with two attached hydrogens (primary N) is 1. The molecule has 14 heavy (non-hydrogen) atoms. The third-order valence-electron chi connectivity index (χ3n) is 1.62. The number of hydrazine groups is 1. The molecule has 0 atom stereocenters. The van der Waals surface area contributed by atoms with Crippen molar-refractivity contribution < 1.29 is 12.6 Å². The first kappa shape index (κ1) is 11.1. The molecule has 0 bridgehead atoms. The van der Waals surface area contributed by atoms with Crippen molar-refractivity contribution in [3.63, 3.8) is 0 Å². The van der Waals surface area contributed by atoms with Gasteiger partial charge in [0.25, 0.3) is 0 Å². The van der Waals surface area contributed by atoms with Crippen molar-refractivity contribution >= 4 is 10.3 Å². The Balaban J connectivity index is 2.37. The summed E-state index contributed by atoms with van der Waals surface area (Å²) in [7, 11) is -3.76. The third-order valence-corrected chi connectivity index (χ3v) is 2.38. The summed E-state index contributed by atoms with van der Waals surface area (Å²) in [5, 5.41) is 0. The quantitative estimate of drug-likeness (QED) is 0.534. The van der Waals surface area contributed by atoms with Gasteiger partial charge in [0.15, 0.2) is 0 Å². The van der Waals surface area contributed by atoms with Gasteiger partial charge in [-0.25, -0.2) is 0 Å². The first-order chi connectivity index (χ1) is 6.64. The van der Waals surface area contributed by atoms with Crippen molar-refractivity contribution in [1.29, 1.82) is 0 Å². The van der Waals surface area contributed by atoms with Crippen molar-refractivity contribution in [3.05, 3.63) is 35.9 Å². The van der Waals surface area contributed by atoms with Crippen LogP contribution in [0.3, 0.4) is 0 Å². The molecule has 0 radical (unpaired) electrons. The topological polar surface area (TPSA) is 81.4 Å². The van der Waals surface area contributed by atoms with Gasteiger partial charge in [-0.3, -0.25) is 10.0 Å². The summed E-state index contributed by atoms with van der Waals surface area (Å²) >= 11 is 0. The minimum absolute atomic E-state index is 0.0799. The van der Waals surface area contributed by atoms with E-state index in [2.05, 4.69) is 4.18 Å². The van der Waals surface area contributed by atoms with Gasteiger partial charge in [0.1, 0.15) is 0 Å². The summed E-state index contributed by atoms with van der Waals surface area (Å²) in [6.45, 7) is 0.0799. The van der Waals surface area contributed by atoms with E-state index >= 15 is 0 Å². The van der Waals surface area contributed by atoms with E-state index in [1.807, 2.05) is 30.3 Å². The molecule has 0 amide bonds. The van der Waals surface area contributed by atoms with Gasteiger partial charge in [0.2, 0.25) is 0 Å². The van der Waals surface area contributed by atoms with E-state index in [1.54, 1.807) is 4.83 Å². The minimum atomic E-state index is -3.76. The van der Waals surface area contributed by atoms with Gasteiger partial charge >= 0.3 is 10.3 Å². The Morgan fingerprint density at radius 3 is 2.50 bits per heavy atom. The Bertz CT molecular complexity index is 363. The molecule has 3 N–H and O–H groups in total. The maximum atomic E-state index is 10.7. The van der Waals surface area contributed by atoms with Crippen LogP contribution in [0.4, 0.5) is 0 Å². The Hall–Kier alpha value is -0.950. The molecule has 0 fully saturated rings. The molecule has 78 valence electrons. The van der Waals surface area contributed by atoms with Crippen LogP contribution in [0.1, 0.15) is 5.56 Å². The molecule has 0 saturated heterocycles. The first-order valence-electron chi connectivity index (χ1n) is 4.05. The Labute approximate surface area is 83.1 Å². The average Bonchev–Trinajstić information content (AvgIpc) is 2.19. The normalized spacial score (nSPS) is 11.5. The molecule has 0 aromatic heterocycles. The third kappa shape index (κ3) is 3.84. The molecule has 1 rings (SSSR count). The van der Waals surface area contributed by atoms with Crippen molar-refractivity contribution in [3.8, 4) is 0 Å². The molecular formula is C8H12N2O3S. The molecule has 0 spiro atoms. The zero-order valence-electron chi connectivity index (χ0n) is 7.51. The second-order valence-electron chi connectivity index (χ2n) is 2.63. The highest BCUT2D eigenvalue weighted by Crippen LogP contribution is 2.00. The molecule has 0 heterocycles. The monoisotopic (exact) mass is 216 g/mol. The lowest BCUT2D eigenvalue weighted by atomic mass is 10.2. The molecule has 0 unspecified atom stereocenters. The Morgan fingerprint density at radius 1 is 1.29 bits per heavy atom. The molecule has 6 heteroatoms. The molecular weight excluding hydrogens is 204 g/mol. The molecule has 5 nitrogen and oxygen atoms in total. The maximum Gasteiger partial charge on any atom is 0.348 e. The highest BCUT2D eigenvalue weighted by atomic mass is 32.2. The highest BCUT2D eigenvalue weighted by molar-refractivity contribution is 7.84.